The molecule has 1 saturated heterocycles. The molecule has 0 aliphatic carbocycles. The Bertz CT molecular complexity index is 427. The number of piperidine rings is 1. The van der Waals surface area contributed by atoms with Crippen molar-refractivity contribution in [3.63, 3.8) is 0 Å². The van der Waals surface area contributed by atoms with Crippen LogP contribution in [0, 0.1) is 0 Å². The van der Waals surface area contributed by atoms with Crippen molar-refractivity contribution in [2.45, 2.75) is 51.1 Å². The first-order chi connectivity index (χ1) is 9.54. The first-order valence-electron chi connectivity index (χ1n) is 7.56. The molecule has 1 unspecified atom stereocenters. The lowest BCUT2D eigenvalue weighted by molar-refractivity contribution is 0.0635. The Morgan fingerprint density at radius 3 is 2.60 bits per heavy atom. The van der Waals surface area contributed by atoms with Gasteiger partial charge in [-0.1, -0.05) is 6.42 Å². The predicted molar refractivity (Wildman–Crippen MR) is 88.0 cm³/mol. The molecule has 1 N–H and O–H groups in total. The van der Waals surface area contributed by atoms with Gasteiger partial charge >= 0.3 is 0 Å². The number of nitrogens with zero attached hydrogens (tertiary/aromatic N) is 2. The standard InChI is InChI=1S/C16H26BrN3/c1-16(2,20-7-5-4-6-8-20)15(18-3)10-13-9-14(17)12-19-11-13/h9,11-12,15,18H,4-8,10H2,1-3H3. The van der Waals surface area contributed by atoms with Gasteiger partial charge in [-0.15, -0.1) is 0 Å². The molecule has 0 saturated carbocycles. The Kier molecular flexibility index (Phi) is 5.58. The van der Waals surface area contributed by atoms with Crippen molar-refractivity contribution < 1.29 is 0 Å². The average Bonchev–Trinajstić information content (AvgIpc) is 2.45. The van der Waals surface area contributed by atoms with Crippen LogP contribution < -0.4 is 5.32 Å². The lowest BCUT2D eigenvalue weighted by Gasteiger charge is -2.46. The second kappa shape index (κ2) is 7.01. The van der Waals surface area contributed by atoms with E-state index in [0.29, 0.717) is 6.04 Å². The van der Waals surface area contributed by atoms with Crippen LogP contribution in [0.3, 0.4) is 0 Å². The summed E-state index contributed by atoms with van der Waals surface area (Å²) in [6.45, 7) is 7.18. The number of hydrogen-bond donors (Lipinski definition) is 1. The molecular formula is C16H26BrN3. The zero-order valence-electron chi connectivity index (χ0n) is 12.8. The van der Waals surface area contributed by atoms with Gasteiger partial charge in [-0.05, 0) is 80.8 Å². The minimum atomic E-state index is 0.164. The Hall–Kier alpha value is -0.450. The summed E-state index contributed by atoms with van der Waals surface area (Å²) in [6.07, 6.45) is 8.87. The first kappa shape index (κ1) is 15.9. The minimum absolute atomic E-state index is 0.164. The number of likely N-dealkylation sites (N-methyl/N-ethyl adjacent to an activating group) is 1. The monoisotopic (exact) mass is 339 g/mol. The zero-order chi connectivity index (χ0) is 14.6. The summed E-state index contributed by atoms with van der Waals surface area (Å²) in [5, 5.41) is 3.52. The summed E-state index contributed by atoms with van der Waals surface area (Å²) in [4.78, 5) is 6.92. The van der Waals surface area contributed by atoms with Crippen LogP contribution in [0.4, 0.5) is 0 Å². The van der Waals surface area contributed by atoms with E-state index >= 15 is 0 Å². The first-order valence-corrected chi connectivity index (χ1v) is 8.35. The van der Waals surface area contributed by atoms with Gasteiger partial charge in [0.1, 0.15) is 0 Å². The average molecular weight is 340 g/mol. The van der Waals surface area contributed by atoms with Gasteiger partial charge in [-0.3, -0.25) is 9.88 Å². The molecule has 0 aromatic carbocycles. The van der Waals surface area contributed by atoms with E-state index in [1.165, 1.54) is 37.9 Å². The fourth-order valence-corrected chi connectivity index (χ4v) is 3.61. The van der Waals surface area contributed by atoms with E-state index in [1.54, 1.807) is 0 Å². The van der Waals surface area contributed by atoms with Gasteiger partial charge in [0.05, 0.1) is 0 Å². The summed E-state index contributed by atoms with van der Waals surface area (Å²) >= 11 is 3.51. The predicted octanol–water partition coefficient (Wildman–Crippen LogP) is 3.24. The van der Waals surface area contributed by atoms with Crippen molar-refractivity contribution in [1.29, 1.82) is 0 Å². The summed E-state index contributed by atoms with van der Waals surface area (Å²) in [5.41, 5.74) is 1.45. The van der Waals surface area contributed by atoms with Crippen molar-refractivity contribution in [2.75, 3.05) is 20.1 Å². The maximum atomic E-state index is 4.28. The second-order valence-electron chi connectivity index (χ2n) is 6.26. The minimum Gasteiger partial charge on any atom is -0.315 e. The zero-order valence-corrected chi connectivity index (χ0v) is 14.4. The van der Waals surface area contributed by atoms with Crippen LogP contribution in [-0.2, 0) is 6.42 Å². The second-order valence-corrected chi connectivity index (χ2v) is 7.17. The van der Waals surface area contributed by atoms with Gasteiger partial charge < -0.3 is 5.32 Å². The van der Waals surface area contributed by atoms with Gasteiger partial charge in [0, 0.05) is 28.4 Å². The Morgan fingerprint density at radius 1 is 1.30 bits per heavy atom. The molecule has 2 rings (SSSR count). The normalized spacial score (nSPS) is 19.0. The van der Waals surface area contributed by atoms with Crippen LogP contribution in [0.2, 0.25) is 0 Å². The quantitative estimate of drug-likeness (QED) is 0.892. The van der Waals surface area contributed by atoms with Gasteiger partial charge in [0.2, 0.25) is 0 Å². The molecule has 1 atom stereocenters. The highest BCUT2D eigenvalue weighted by molar-refractivity contribution is 9.10. The van der Waals surface area contributed by atoms with Crippen molar-refractivity contribution in [1.82, 2.24) is 15.2 Å². The molecule has 0 radical (unpaired) electrons. The smallest absolute Gasteiger partial charge is 0.0410 e. The summed E-state index contributed by atoms with van der Waals surface area (Å²) in [5.74, 6) is 0. The van der Waals surface area contributed by atoms with Crippen LogP contribution in [-0.4, -0.2) is 41.6 Å². The van der Waals surface area contributed by atoms with Gasteiger partial charge in [0.15, 0.2) is 0 Å². The molecule has 1 aromatic heterocycles. The highest BCUT2D eigenvalue weighted by atomic mass is 79.9. The Labute approximate surface area is 131 Å². The van der Waals surface area contributed by atoms with Crippen LogP contribution >= 0.6 is 15.9 Å². The Morgan fingerprint density at radius 2 is 2.00 bits per heavy atom. The SMILES string of the molecule is CNC(Cc1cncc(Br)c1)C(C)(C)N1CCCCC1. The molecule has 112 valence electrons. The fourth-order valence-electron chi connectivity index (χ4n) is 3.20. The van der Waals surface area contributed by atoms with Crippen LogP contribution in [0.5, 0.6) is 0 Å². The maximum Gasteiger partial charge on any atom is 0.0410 e. The molecule has 0 spiro atoms. The third-order valence-electron chi connectivity index (χ3n) is 4.57. The summed E-state index contributed by atoms with van der Waals surface area (Å²) in [7, 11) is 2.07. The van der Waals surface area contributed by atoms with Crippen molar-refractivity contribution in [3.8, 4) is 0 Å². The largest absolute Gasteiger partial charge is 0.315 e. The molecular weight excluding hydrogens is 314 g/mol. The molecule has 4 heteroatoms. The van der Waals surface area contributed by atoms with E-state index in [0.717, 1.165) is 10.9 Å². The van der Waals surface area contributed by atoms with E-state index in [1.807, 2.05) is 12.4 Å². The number of nitrogens with one attached hydrogen (secondary N) is 1. The van der Waals surface area contributed by atoms with Crippen LogP contribution in [0.1, 0.15) is 38.7 Å². The Balaban J connectivity index is 2.09. The highest BCUT2D eigenvalue weighted by Gasteiger charge is 2.35. The van der Waals surface area contributed by atoms with Gasteiger partial charge in [-0.25, -0.2) is 0 Å². The van der Waals surface area contributed by atoms with Crippen molar-refractivity contribution >= 4 is 15.9 Å². The molecule has 1 aliphatic heterocycles. The molecule has 3 nitrogen and oxygen atoms in total. The molecule has 1 fully saturated rings. The molecule has 20 heavy (non-hydrogen) atoms. The fraction of sp³-hybridized carbons (Fsp3) is 0.688. The van der Waals surface area contributed by atoms with Crippen LogP contribution in [0.15, 0.2) is 22.9 Å². The topological polar surface area (TPSA) is 28.2 Å². The van der Waals surface area contributed by atoms with E-state index in [9.17, 15) is 0 Å². The van der Waals surface area contributed by atoms with Crippen LogP contribution in [0.25, 0.3) is 0 Å². The number of pyridine rings is 1. The third kappa shape index (κ3) is 3.80. The number of aromatic nitrogens is 1. The van der Waals surface area contributed by atoms with E-state index in [4.69, 9.17) is 0 Å². The summed E-state index contributed by atoms with van der Waals surface area (Å²) in [6, 6.07) is 2.60. The van der Waals surface area contributed by atoms with Crippen molar-refractivity contribution in [2.24, 2.45) is 0 Å². The molecule has 0 bridgehead atoms. The number of halogens is 1. The van der Waals surface area contributed by atoms with E-state index < -0.39 is 0 Å². The molecule has 0 amide bonds. The number of rotatable bonds is 5. The van der Waals surface area contributed by atoms with E-state index in [-0.39, 0.29) is 5.54 Å². The number of hydrogen-bond acceptors (Lipinski definition) is 3. The third-order valence-corrected chi connectivity index (χ3v) is 5.01. The maximum absolute atomic E-state index is 4.28. The lowest BCUT2D eigenvalue weighted by atomic mass is 9.86. The highest BCUT2D eigenvalue weighted by Crippen LogP contribution is 2.26. The molecule has 1 aromatic rings. The summed E-state index contributed by atoms with van der Waals surface area (Å²) < 4.78 is 1.06. The lowest BCUT2D eigenvalue weighted by Crippen LogP contribution is -2.59. The molecule has 1 aliphatic rings. The number of likely N-dealkylation sites (tertiary alicyclic amines) is 1. The van der Waals surface area contributed by atoms with E-state index in [2.05, 4.69) is 58.1 Å². The van der Waals surface area contributed by atoms with Gasteiger partial charge in [0.25, 0.3) is 0 Å². The molecule has 2 heterocycles. The van der Waals surface area contributed by atoms with Crippen molar-refractivity contribution in [3.05, 3.63) is 28.5 Å². The van der Waals surface area contributed by atoms with Gasteiger partial charge in [-0.2, -0.15) is 0 Å².